The van der Waals surface area contributed by atoms with E-state index in [4.69, 9.17) is 10.00 Å². The molecule has 0 N–H and O–H groups in total. The molecule has 2 rings (SSSR count). The number of hydrogen-bond acceptors (Lipinski definition) is 4. The molecule has 0 heterocycles. The zero-order valence-corrected chi connectivity index (χ0v) is 11.8. The largest absolute Gasteiger partial charge is 0.487 e. The Morgan fingerprint density at radius 2 is 2.00 bits per heavy atom. The van der Waals surface area contributed by atoms with E-state index in [9.17, 15) is 10.1 Å². The highest BCUT2D eigenvalue weighted by Gasteiger charge is 2.15. The third-order valence-corrected chi connectivity index (χ3v) is 3.56. The van der Waals surface area contributed by atoms with Gasteiger partial charge in [0.1, 0.15) is 22.9 Å². The molecular formula is C14H9BrN2O3. The minimum atomic E-state index is -0.461. The van der Waals surface area contributed by atoms with E-state index in [0.29, 0.717) is 21.3 Å². The highest BCUT2D eigenvalue weighted by molar-refractivity contribution is 9.10. The lowest BCUT2D eigenvalue weighted by Crippen LogP contribution is -2.00. The van der Waals surface area contributed by atoms with Gasteiger partial charge in [-0.15, -0.1) is 0 Å². The van der Waals surface area contributed by atoms with Crippen LogP contribution in [-0.4, -0.2) is 4.92 Å². The summed E-state index contributed by atoms with van der Waals surface area (Å²) in [6.07, 6.45) is 0. The van der Waals surface area contributed by atoms with Crippen molar-refractivity contribution in [1.82, 2.24) is 0 Å². The topological polar surface area (TPSA) is 76.2 Å². The summed E-state index contributed by atoms with van der Waals surface area (Å²) in [6, 6.07) is 13.6. The highest BCUT2D eigenvalue weighted by Crippen LogP contribution is 2.29. The van der Waals surface area contributed by atoms with Crippen LogP contribution in [0.2, 0.25) is 0 Å². The van der Waals surface area contributed by atoms with Gasteiger partial charge < -0.3 is 4.74 Å². The molecule has 0 aliphatic carbocycles. The number of hydrogen-bond donors (Lipinski definition) is 0. The number of nitro groups is 1. The molecule has 0 spiro atoms. The molecule has 0 saturated heterocycles. The van der Waals surface area contributed by atoms with Crippen LogP contribution >= 0.6 is 15.9 Å². The van der Waals surface area contributed by atoms with Crippen LogP contribution in [0.5, 0.6) is 5.75 Å². The first-order valence-electron chi connectivity index (χ1n) is 5.67. The smallest absolute Gasteiger partial charge is 0.283 e. The van der Waals surface area contributed by atoms with Gasteiger partial charge in [0.15, 0.2) is 0 Å². The zero-order valence-electron chi connectivity index (χ0n) is 10.2. The van der Waals surface area contributed by atoms with Gasteiger partial charge in [0.25, 0.3) is 5.69 Å². The molecule has 20 heavy (non-hydrogen) atoms. The fourth-order valence-corrected chi connectivity index (χ4v) is 2.18. The molecule has 0 aromatic heterocycles. The van der Waals surface area contributed by atoms with Crippen LogP contribution in [0.3, 0.4) is 0 Å². The van der Waals surface area contributed by atoms with Gasteiger partial charge in [0.05, 0.1) is 10.5 Å². The van der Waals surface area contributed by atoms with Crippen LogP contribution < -0.4 is 4.74 Å². The molecule has 100 valence electrons. The summed E-state index contributed by atoms with van der Waals surface area (Å²) in [5.74, 6) is 0.452. The number of nitriles is 1. The van der Waals surface area contributed by atoms with Crippen LogP contribution in [0.4, 0.5) is 5.69 Å². The summed E-state index contributed by atoms with van der Waals surface area (Å²) in [5.41, 5.74) is 1.06. The van der Waals surface area contributed by atoms with Gasteiger partial charge >= 0.3 is 0 Å². The lowest BCUT2D eigenvalue weighted by molar-refractivity contribution is -0.385. The second kappa shape index (κ2) is 6.17. The third kappa shape index (κ3) is 2.95. The molecular weight excluding hydrogens is 324 g/mol. The maximum atomic E-state index is 10.8. The minimum Gasteiger partial charge on any atom is -0.487 e. The number of rotatable bonds is 4. The minimum absolute atomic E-state index is 0.0142. The van der Waals surface area contributed by atoms with Crippen molar-refractivity contribution in [3.63, 3.8) is 0 Å². The molecule has 0 fully saturated rings. The van der Waals surface area contributed by atoms with Crippen molar-refractivity contribution < 1.29 is 9.66 Å². The van der Waals surface area contributed by atoms with Gasteiger partial charge in [0, 0.05) is 11.6 Å². The molecule has 2 aromatic rings. The Balaban J connectivity index is 2.22. The Morgan fingerprint density at radius 3 is 2.70 bits per heavy atom. The van der Waals surface area contributed by atoms with Crippen LogP contribution in [0.1, 0.15) is 11.1 Å². The SMILES string of the molecule is N#Cc1ccccc1OCc1cccc([N+](=O)[O-])c1Br. The van der Waals surface area contributed by atoms with E-state index < -0.39 is 4.92 Å². The van der Waals surface area contributed by atoms with Crippen molar-refractivity contribution in [2.75, 3.05) is 0 Å². The summed E-state index contributed by atoms with van der Waals surface area (Å²) in [5, 5.41) is 19.8. The Kier molecular flexibility index (Phi) is 4.33. The molecule has 0 aliphatic heterocycles. The van der Waals surface area contributed by atoms with E-state index in [0.717, 1.165) is 0 Å². The van der Waals surface area contributed by atoms with Gasteiger partial charge in [-0.2, -0.15) is 5.26 Å². The quantitative estimate of drug-likeness (QED) is 0.630. The first kappa shape index (κ1) is 14.0. The standard InChI is InChI=1S/C14H9BrN2O3/c15-14-11(5-3-6-12(14)17(18)19)9-20-13-7-2-1-4-10(13)8-16/h1-7H,9H2. The fraction of sp³-hybridized carbons (Fsp3) is 0.0714. The van der Waals surface area contributed by atoms with Crippen LogP contribution in [0.15, 0.2) is 46.9 Å². The Morgan fingerprint density at radius 1 is 1.25 bits per heavy atom. The maximum absolute atomic E-state index is 10.8. The molecule has 5 nitrogen and oxygen atoms in total. The van der Waals surface area contributed by atoms with Gasteiger partial charge in [-0.25, -0.2) is 0 Å². The molecule has 6 heteroatoms. The zero-order chi connectivity index (χ0) is 14.5. The molecule has 0 saturated carbocycles. The summed E-state index contributed by atoms with van der Waals surface area (Å²) >= 11 is 3.20. The van der Waals surface area contributed by atoms with Crippen LogP contribution in [0, 0.1) is 21.4 Å². The predicted molar refractivity (Wildman–Crippen MR) is 76.3 cm³/mol. The second-order valence-corrected chi connectivity index (χ2v) is 4.70. The van der Waals surface area contributed by atoms with Crippen LogP contribution in [-0.2, 0) is 6.61 Å². The van der Waals surface area contributed by atoms with Crippen molar-refractivity contribution in [2.45, 2.75) is 6.61 Å². The molecule has 0 unspecified atom stereocenters. The van der Waals surface area contributed by atoms with Gasteiger partial charge in [-0.05, 0) is 28.1 Å². The van der Waals surface area contributed by atoms with E-state index >= 15 is 0 Å². The first-order chi connectivity index (χ1) is 9.63. The van der Waals surface area contributed by atoms with Crippen molar-refractivity contribution >= 4 is 21.6 Å². The Labute approximate surface area is 123 Å². The normalized spacial score (nSPS) is 9.80. The average molecular weight is 333 g/mol. The summed E-state index contributed by atoms with van der Waals surface area (Å²) in [6.45, 7) is 0.140. The Bertz CT molecular complexity index is 695. The van der Waals surface area contributed by atoms with E-state index in [1.54, 1.807) is 36.4 Å². The fourth-order valence-electron chi connectivity index (χ4n) is 1.66. The van der Waals surface area contributed by atoms with Crippen molar-refractivity contribution in [3.05, 3.63) is 68.2 Å². The molecule has 0 atom stereocenters. The number of benzene rings is 2. The van der Waals surface area contributed by atoms with Gasteiger partial charge in [-0.1, -0.05) is 24.3 Å². The Hall–Kier alpha value is -2.39. The number of para-hydroxylation sites is 1. The van der Waals surface area contributed by atoms with E-state index in [-0.39, 0.29) is 12.3 Å². The average Bonchev–Trinajstić information content (AvgIpc) is 2.46. The molecule has 0 radical (unpaired) electrons. The highest BCUT2D eigenvalue weighted by atomic mass is 79.9. The summed E-state index contributed by atoms with van der Waals surface area (Å²) < 4.78 is 5.94. The molecule has 0 bridgehead atoms. The number of ether oxygens (including phenoxy) is 1. The first-order valence-corrected chi connectivity index (χ1v) is 6.46. The number of halogens is 1. The number of nitro benzene ring substituents is 1. The molecule has 2 aromatic carbocycles. The molecule has 0 aliphatic rings. The molecule has 0 amide bonds. The van der Waals surface area contributed by atoms with Gasteiger partial charge in [0.2, 0.25) is 0 Å². The lowest BCUT2D eigenvalue weighted by atomic mass is 10.2. The monoisotopic (exact) mass is 332 g/mol. The van der Waals surface area contributed by atoms with Crippen LogP contribution in [0.25, 0.3) is 0 Å². The van der Waals surface area contributed by atoms with Crippen molar-refractivity contribution in [2.24, 2.45) is 0 Å². The third-order valence-electron chi connectivity index (χ3n) is 2.65. The predicted octanol–water partition coefficient (Wildman–Crippen LogP) is 3.81. The van der Waals surface area contributed by atoms with E-state index in [1.165, 1.54) is 6.07 Å². The van der Waals surface area contributed by atoms with Gasteiger partial charge in [-0.3, -0.25) is 10.1 Å². The summed E-state index contributed by atoms with van der Waals surface area (Å²) in [7, 11) is 0. The number of nitrogens with zero attached hydrogens (tertiary/aromatic N) is 2. The lowest BCUT2D eigenvalue weighted by Gasteiger charge is -2.09. The second-order valence-electron chi connectivity index (χ2n) is 3.90. The van der Waals surface area contributed by atoms with E-state index in [2.05, 4.69) is 15.9 Å². The maximum Gasteiger partial charge on any atom is 0.283 e. The van der Waals surface area contributed by atoms with Crippen molar-refractivity contribution in [3.8, 4) is 11.8 Å². The van der Waals surface area contributed by atoms with E-state index in [1.807, 2.05) is 6.07 Å². The summed E-state index contributed by atoms with van der Waals surface area (Å²) in [4.78, 5) is 10.4. The van der Waals surface area contributed by atoms with Crippen molar-refractivity contribution in [1.29, 1.82) is 5.26 Å².